The second kappa shape index (κ2) is 6.15. The molecule has 0 saturated carbocycles. The van der Waals surface area contributed by atoms with E-state index in [0.29, 0.717) is 0 Å². The zero-order valence-electron chi connectivity index (χ0n) is 5.86. The van der Waals surface area contributed by atoms with Gasteiger partial charge in [-0.25, -0.2) is 8.42 Å². The van der Waals surface area contributed by atoms with Gasteiger partial charge in [-0.3, -0.25) is 0 Å². The first kappa shape index (κ1) is 13.0. The predicted octanol–water partition coefficient (Wildman–Crippen LogP) is -5.01. The minimum Gasteiger partial charge on any atom is -0.550 e. The summed E-state index contributed by atoms with van der Waals surface area (Å²) in [5.41, 5.74) is 0. The van der Waals surface area contributed by atoms with Gasteiger partial charge in [0, 0.05) is 11.9 Å². The maximum absolute atomic E-state index is 9.86. The van der Waals surface area contributed by atoms with Crippen molar-refractivity contribution >= 4 is 16.7 Å². The van der Waals surface area contributed by atoms with Gasteiger partial charge in [-0.2, -0.15) is 0 Å². The molecule has 0 aliphatic heterocycles. The van der Waals surface area contributed by atoms with Crippen LogP contribution in [0.25, 0.3) is 0 Å². The van der Waals surface area contributed by atoms with Crippen molar-refractivity contribution in [3.05, 3.63) is 0 Å². The van der Waals surface area contributed by atoms with Gasteiger partial charge in [0.1, 0.15) is 10.7 Å². The molecule has 4 nitrogen and oxygen atoms in total. The Morgan fingerprint density at radius 2 is 2.00 bits per heavy atom. The Morgan fingerprint density at radius 1 is 1.60 bits per heavy atom. The largest absolute Gasteiger partial charge is 1.00 e. The second-order valence-corrected chi connectivity index (χ2v) is 2.77. The summed E-state index contributed by atoms with van der Waals surface area (Å²) < 4.78 is 19.7. The van der Waals surface area contributed by atoms with Crippen LogP contribution in [0.2, 0.25) is 0 Å². The molecule has 10 heavy (non-hydrogen) atoms. The number of rotatable bonds is 3. The molecule has 0 amide bonds. The van der Waals surface area contributed by atoms with E-state index in [9.17, 15) is 18.3 Å². The van der Waals surface area contributed by atoms with Crippen LogP contribution in [0.1, 0.15) is 6.92 Å². The Balaban J connectivity index is 0. The Morgan fingerprint density at radius 3 is 2.10 bits per heavy atom. The van der Waals surface area contributed by atoms with Gasteiger partial charge in [-0.05, 0) is 0 Å². The summed E-state index contributed by atoms with van der Waals surface area (Å²) in [6, 6.07) is 0. The summed E-state index contributed by atoms with van der Waals surface area (Å²) in [5.74, 6) is -2.56. The third kappa shape index (κ3) is 6.54. The van der Waals surface area contributed by atoms with Gasteiger partial charge in [0.25, 0.3) is 0 Å². The van der Waals surface area contributed by atoms with Crippen molar-refractivity contribution in [2.75, 3.05) is 5.75 Å². The van der Waals surface area contributed by atoms with Gasteiger partial charge in [0.05, 0.1) is 5.75 Å². The van der Waals surface area contributed by atoms with Crippen LogP contribution in [0.15, 0.2) is 0 Å². The normalized spacial score (nSPS) is 12.2. The Kier molecular flexibility index (Phi) is 8.02. The minimum atomic E-state index is -2.59. The Hall–Kier alpha value is 0.420. The van der Waals surface area contributed by atoms with Crippen molar-refractivity contribution < 1.29 is 47.9 Å². The van der Waals surface area contributed by atoms with Gasteiger partial charge in [-0.1, -0.05) is 6.92 Å². The summed E-state index contributed by atoms with van der Waals surface area (Å²) in [5, 5.41) is 9.86. The van der Waals surface area contributed by atoms with E-state index in [2.05, 4.69) is 0 Å². The average Bonchev–Trinajstić information content (AvgIpc) is 1.63. The number of carboxylic acid groups (broad SMARTS) is 1. The molecule has 0 fully saturated rings. The van der Waals surface area contributed by atoms with Crippen LogP contribution in [0.3, 0.4) is 0 Å². The number of hydrogen-bond acceptors (Lipinski definition) is 4. The van der Waals surface area contributed by atoms with Crippen LogP contribution in [-0.4, -0.2) is 20.1 Å². The molecule has 6 heteroatoms. The molecular weight excluding hydrogens is 167 g/mol. The SMILES string of the molecule is CC(C[SH](=O)=O)C(=O)[O-].[Na+]. The first-order valence-electron chi connectivity index (χ1n) is 2.36. The van der Waals surface area contributed by atoms with Crippen LogP contribution in [0.5, 0.6) is 0 Å². The van der Waals surface area contributed by atoms with Crippen LogP contribution >= 0.6 is 0 Å². The predicted molar refractivity (Wildman–Crippen MR) is 29.4 cm³/mol. The molecule has 0 heterocycles. The molecule has 1 atom stereocenters. The van der Waals surface area contributed by atoms with E-state index in [-0.39, 0.29) is 35.3 Å². The van der Waals surface area contributed by atoms with Gasteiger partial charge < -0.3 is 9.90 Å². The van der Waals surface area contributed by atoms with Crippen LogP contribution in [0.4, 0.5) is 0 Å². The molecule has 0 aromatic carbocycles. The molecule has 0 saturated heterocycles. The van der Waals surface area contributed by atoms with E-state index < -0.39 is 22.6 Å². The van der Waals surface area contributed by atoms with Gasteiger partial charge in [0.15, 0.2) is 0 Å². The minimum absolute atomic E-state index is 0. The first-order valence-corrected chi connectivity index (χ1v) is 3.73. The summed E-state index contributed by atoms with van der Waals surface area (Å²) >= 11 is 0. The van der Waals surface area contributed by atoms with Crippen molar-refractivity contribution in [1.29, 1.82) is 0 Å². The molecule has 0 aliphatic carbocycles. The Labute approximate surface area is 82.9 Å². The fourth-order valence-corrected chi connectivity index (χ4v) is 0.894. The molecule has 1 unspecified atom stereocenters. The number of aliphatic carboxylic acids is 1. The van der Waals surface area contributed by atoms with Crippen molar-refractivity contribution in [3.63, 3.8) is 0 Å². The fourth-order valence-electron chi connectivity index (χ4n) is 0.298. The molecular formula is C4H7NaO4S. The second-order valence-electron chi connectivity index (χ2n) is 1.74. The molecule has 54 valence electrons. The maximum atomic E-state index is 9.86. The van der Waals surface area contributed by atoms with Gasteiger partial charge in [-0.15, -0.1) is 0 Å². The van der Waals surface area contributed by atoms with Crippen molar-refractivity contribution in [2.24, 2.45) is 5.92 Å². The zero-order chi connectivity index (χ0) is 7.44. The summed E-state index contributed by atoms with van der Waals surface area (Å²) in [4.78, 5) is 9.86. The molecule has 0 bridgehead atoms. The summed E-state index contributed by atoms with van der Waals surface area (Å²) in [6.07, 6.45) is 0. The number of carboxylic acids is 1. The Bertz CT molecular complexity index is 168. The summed E-state index contributed by atoms with van der Waals surface area (Å²) in [7, 11) is -2.59. The van der Waals surface area contributed by atoms with E-state index in [1.165, 1.54) is 6.92 Å². The standard InChI is InChI=1S/C4H8O4S.Na/c1-3(4(5)6)2-9(7)8;/h3,9H,2H2,1H3,(H,5,6);/q;+1/p-1. The quantitative estimate of drug-likeness (QED) is 0.343. The average molecular weight is 174 g/mol. The smallest absolute Gasteiger partial charge is 0.550 e. The third-order valence-corrected chi connectivity index (χ3v) is 1.67. The van der Waals surface area contributed by atoms with Crippen molar-refractivity contribution in [3.8, 4) is 0 Å². The van der Waals surface area contributed by atoms with Crippen molar-refractivity contribution in [2.45, 2.75) is 6.92 Å². The third-order valence-electron chi connectivity index (χ3n) is 0.825. The first-order chi connectivity index (χ1) is 4.04. The van der Waals surface area contributed by atoms with Crippen LogP contribution < -0.4 is 34.7 Å². The number of carbonyl (C=O) groups is 1. The van der Waals surface area contributed by atoms with E-state index in [0.717, 1.165) is 0 Å². The monoisotopic (exact) mass is 174 g/mol. The molecule has 0 spiro atoms. The molecule has 0 rings (SSSR count). The fraction of sp³-hybridized carbons (Fsp3) is 0.750. The van der Waals surface area contributed by atoms with E-state index in [1.807, 2.05) is 0 Å². The molecule has 0 aromatic heterocycles. The van der Waals surface area contributed by atoms with Crippen LogP contribution in [-0.2, 0) is 15.5 Å². The molecule has 0 radical (unpaired) electrons. The maximum Gasteiger partial charge on any atom is 1.00 e. The van der Waals surface area contributed by atoms with Crippen LogP contribution in [0, 0.1) is 5.92 Å². The number of hydrogen-bond donors (Lipinski definition) is 1. The van der Waals surface area contributed by atoms with E-state index in [4.69, 9.17) is 0 Å². The molecule has 0 N–H and O–H groups in total. The topological polar surface area (TPSA) is 74.3 Å². The summed E-state index contributed by atoms with van der Waals surface area (Å²) in [6.45, 7) is 1.29. The van der Waals surface area contributed by atoms with Gasteiger partial charge in [0.2, 0.25) is 0 Å². The van der Waals surface area contributed by atoms with E-state index in [1.54, 1.807) is 0 Å². The number of carbonyl (C=O) groups excluding carboxylic acids is 1. The van der Waals surface area contributed by atoms with Gasteiger partial charge >= 0.3 is 29.6 Å². The van der Waals surface area contributed by atoms with Crippen molar-refractivity contribution in [1.82, 2.24) is 0 Å². The zero-order valence-corrected chi connectivity index (χ0v) is 8.76. The number of thiol groups is 1. The molecule has 0 aliphatic rings. The van der Waals surface area contributed by atoms with E-state index >= 15 is 0 Å². The molecule has 0 aromatic rings.